The Bertz CT molecular complexity index is 634. The third kappa shape index (κ3) is 3.45. The fourth-order valence-electron chi connectivity index (χ4n) is 1.68. The molecule has 4 nitrogen and oxygen atoms in total. The minimum atomic E-state index is -0.350. The van der Waals surface area contributed by atoms with E-state index in [0.29, 0.717) is 16.9 Å². The SMILES string of the molecule is CNc1cc(C(=O)NCc2ccccc2F)cc(Cl)n1. The van der Waals surface area contributed by atoms with Crippen LogP contribution in [-0.2, 0) is 6.54 Å². The van der Waals surface area contributed by atoms with Gasteiger partial charge in [0.05, 0.1) is 0 Å². The molecule has 104 valence electrons. The molecule has 6 heteroatoms. The minimum Gasteiger partial charge on any atom is -0.373 e. The van der Waals surface area contributed by atoms with Crippen LogP contribution in [0.15, 0.2) is 36.4 Å². The number of nitrogens with one attached hydrogen (secondary N) is 2. The van der Waals surface area contributed by atoms with Crippen molar-refractivity contribution < 1.29 is 9.18 Å². The number of aromatic nitrogens is 1. The molecule has 0 aliphatic rings. The number of carbonyl (C=O) groups is 1. The standard InChI is InChI=1S/C14H13ClFN3O/c1-17-13-7-10(6-12(15)19-13)14(20)18-8-9-4-2-3-5-11(9)16/h2-7H,8H2,1H3,(H,17,19)(H,18,20). The van der Waals surface area contributed by atoms with Crippen LogP contribution in [0.2, 0.25) is 5.15 Å². The summed E-state index contributed by atoms with van der Waals surface area (Å²) in [5.74, 6) is -0.195. The Kier molecular flexibility index (Phi) is 4.53. The smallest absolute Gasteiger partial charge is 0.251 e. The lowest BCUT2D eigenvalue weighted by Gasteiger charge is -2.08. The molecule has 1 amide bonds. The molecule has 0 saturated carbocycles. The molecule has 1 aromatic carbocycles. The van der Waals surface area contributed by atoms with Gasteiger partial charge in [-0.15, -0.1) is 0 Å². The molecule has 0 bridgehead atoms. The summed E-state index contributed by atoms with van der Waals surface area (Å²) in [6, 6.07) is 9.31. The summed E-state index contributed by atoms with van der Waals surface area (Å²) >= 11 is 5.82. The molecular formula is C14H13ClFN3O. The van der Waals surface area contributed by atoms with E-state index in [-0.39, 0.29) is 23.4 Å². The van der Waals surface area contributed by atoms with Crippen molar-refractivity contribution in [2.75, 3.05) is 12.4 Å². The normalized spacial score (nSPS) is 10.2. The molecule has 0 spiro atoms. The van der Waals surface area contributed by atoms with Gasteiger partial charge in [0.2, 0.25) is 0 Å². The predicted molar refractivity (Wildman–Crippen MR) is 76.4 cm³/mol. The van der Waals surface area contributed by atoms with Gasteiger partial charge in [-0.3, -0.25) is 4.79 Å². The molecule has 0 saturated heterocycles. The van der Waals surface area contributed by atoms with Gasteiger partial charge in [0.1, 0.15) is 16.8 Å². The van der Waals surface area contributed by atoms with E-state index in [4.69, 9.17) is 11.6 Å². The predicted octanol–water partition coefficient (Wildman–Crippen LogP) is 2.85. The lowest BCUT2D eigenvalue weighted by atomic mass is 10.2. The summed E-state index contributed by atoms with van der Waals surface area (Å²) in [4.78, 5) is 16.0. The van der Waals surface area contributed by atoms with Crippen molar-refractivity contribution in [2.45, 2.75) is 6.54 Å². The van der Waals surface area contributed by atoms with Crippen LogP contribution in [0.25, 0.3) is 0 Å². The zero-order valence-electron chi connectivity index (χ0n) is 10.8. The Morgan fingerprint density at radius 2 is 2.10 bits per heavy atom. The summed E-state index contributed by atoms with van der Waals surface area (Å²) in [5.41, 5.74) is 0.792. The molecule has 0 unspecified atom stereocenters. The van der Waals surface area contributed by atoms with Crippen molar-refractivity contribution in [3.63, 3.8) is 0 Å². The maximum atomic E-state index is 13.4. The molecule has 0 aliphatic carbocycles. The van der Waals surface area contributed by atoms with Gasteiger partial charge in [-0.1, -0.05) is 29.8 Å². The number of carbonyl (C=O) groups excluding carboxylic acids is 1. The lowest BCUT2D eigenvalue weighted by Crippen LogP contribution is -2.23. The van der Waals surface area contributed by atoms with Crippen LogP contribution < -0.4 is 10.6 Å². The number of pyridine rings is 1. The number of halogens is 2. The molecule has 0 radical (unpaired) electrons. The van der Waals surface area contributed by atoms with Crippen LogP contribution in [-0.4, -0.2) is 17.9 Å². The van der Waals surface area contributed by atoms with E-state index in [1.807, 2.05) is 0 Å². The fraction of sp³-hybridized carbons (Fsp3) is 0.143. The highest BCUT2D eigenvalue weighted by molar-refractivity contribution is 6.29. The van der Waals surface area contributed by atoms with E-state index in [1.54, 1.807) is 31.3 Å². The van der Waals surface area contributed by atoms with Crippen molar-refractivity contribution in [2.24, 2.45) is 0 Å². The van der Waals surface area contributed by atoms with Crippen LogP contribution in [0, 0.1) is 5.82 Å². The van der Waals surface area contributed by atoms with Gasteiger partial charge in [0, 0.05) is 24.7 Å². The molecule has 0 atom stereocenters. The lowest BCUT2D eigenvalue weighted by molar-refractivity contribution is 0.0950. The average Bonchev–Trinajstić information content (AvgIpc) is 2.45. The zero-order valence-corrected chi connectivity index (χ0v) is 11.5. The number of hydrogen-bond donors (Lipinski definition) is 2. The maximum absolute atomic E-state index is 13.4. The van der Waals surface area contributed by atoms with Crippen LogP contribution >= 0.6 is 11.6 Å². The third-order valence-corrected chi connectivity index (χ3v) is 2.90. The molecule has 20 heavy (non-hydrogen) atoms. The second-order valence-electron chi connectivity index (χ2n) is 4.09. The summed E-state index contributed by atoms with van der Waals surface area (Å²) in [7, 11) is 1.68. The van der Waals surface area contributed by atoms with Gasteiger partial charge in [-0.05, 0) is 18.2 Å². The molecule has 2 aromatic rings. The average molecular weight is 294 g/mol. The highest BCUT2D eigenvalue weighted by atomic mass is 35.5. The van der Waals surface area contributed by atoms with Gasteiger partial charge in [0.15, 0.2) is 0 Å². The first-order valence-electron chi connectivity index (χ1n) is 5.97. The van der Waals surface area contributed by atoms with Crippen molar-refractivity contribution in [3.05, 3.63) is 58.5 Å². The summed E-state index contributed by atoms with van der Waals surface area (Å²) in [5, 5.41) is 5.67. The second-order valence-corrected chi connectivity index (χ2v) is 4.48. The first-order chi connectivity index (χ1) is 9.60. The van der Waals surface area contributed by atoms with E-state index >= 15 is 0 Å². The number of nitrogens with zero attached hydrogens (tertiary/aromatic N) is 1. The Morgan fingerprint density at radius 1 is 1.35 bits per heavy atom. The molecule has 2 N–H and O–H groups in total. The quantitative estimate of drug-likeness (QED) is 0.852. The third-order valence-electron chi connectivity index (χ3n) is 2.71. The monoisotopic (exact) mass is 293 g/mol. The number of hydrogen-bond acceptors (Lipinski definition) is 3. The fourth-order valence-corrected chi connectivity index (χ4v) is 1.88. The molecule has 1 aromatic heterocycles. The van der Waals surface area contributed by atoms with E-state index in [2.05, 4.69) is 15.6 Å². The van der Waals surface area contributed by atoms with Crippen molar-refractivity contribution >= 4 is 23.3 Å². The van der Waals surface area contributed by atoms with Crippen molar-refractivity contribution in [3.8, 4) is 0 Å². The van der Waals surface area contributed by atoms with E-state index in [0.717, 1.165) is 0 Å². The molecule has 0 fully saturated rings. The zero-order chi connectivity index (χ0) is 14.5. The molecular weight excluding hydrogens is 281 g/mol. The second kappa shape index (κ2) is 6.34. The van der Waals surface area contributed by atoms with Crippen LogP contribution in [0.1, 0.15) is 15.9 Å². The van der Waals surface area contributed by atoms with Gasteiger partial charge in [0.25, 0.3) is 5.91 Å². The summed E-state index contributed by atoms with van der Waals surface area (Å²) in [6.07, 6.45) is 0. The van der Waals surface area contributed by atoms with Gasteiger partial charge in [-0.2, -0.15) is 0 Å². The number of benzene rings is 1. The topological polar surface area (TPSA) is 54.0 Å². The highest BCUT2D eigenvalue weighted by Crippen LogP contribution is 2.14. The number of anilines is 1. The minimum absolute atomic E-state index is 0.111. The number of rotatable bonds is 4. The molecule has 2 rings (SSSR count). The van der Waals surface area contributed by atoms with Gasteiger partial charge >= 0.3 is 0 Å². The van der Waals surface area contributed by atoms with Crippen LogP contribution in [0.5, 0.6) is 0 Å². The van der Waals surface area contributed by atoms with E-state index < -0.39 is 0 Å². The largest absolute Gasteiger partial charge is 0.373 e. The Hall–Kier alpha value is -2.14. The van der Waals surface area contributed by atoms with Gasteiger partial charge < -0.3 is 10.6 Å². The molecule has 1 heterocycles. The van der Waals surface area contributed by atoms with E-state index in [9.17, 15) is 9.18 Å². The van der Waals surface area contributed by atoms with Gasteiger partial charge in [-0.25, -0.2) is 9.37 Å². The number of amides is 1. The Labute approximate surface area is 121 Å². The summed E-state index contributed by atoms with van der Waals surface area (Å²) < 4.78 is 13.4. The van der Waals surface area contributed by atoms with Crippen molar-refractivity contribution in [1.82, 2.24) is 10.3 Å². The van der Waals surface area contributed by atoms with Crippen LogP contribution in [0.4, 0.5) is 10.2 Å². The maximum Gasteiger partial charge on any atom is 0.251 e. The summed E-state index contributed by atoms with van der Waals surface area (Å²) in [6.45, 7) is 0.111. The Balaban J connectivity index is 2.09. The highest BCUT2D eigenvalue weighted by Gasteiger charge is 2.09. The van der Waals surface area contributed by atoms with Crippen molar-refractivity contribution in [1.29, 1.82) is 0 Å². The van der Waals surface area contributed by atoms with E-state index in [1.165, 1.54) is 12.1 Å². The molecule has 0 aliphatic heterocycles. The first-order valence-corrected chi connectivity index (χ1v) is 6.35. The Morgan fingerprint density at radius 3 is 2.80 bits per heavy atom. The van der Waals surface area contributed by atoms with Crippen LogP contribution in [0.3, 0.4) is 0 Å². The first kappa shape index (κ1) is 14.3.